The highest BCUT2D eigenvalue weighted by atomic mass is 16.5. The number of fused-ring (bicyclic) bond motifs is 1. The summed E-state index contributed by atoms with van der Waals surface area (Å²) in [6.07, 6.45) is 0.983. The maximum Gasteiger partial charge on any atom is 0.313 e. The zero-order valence-corrected chi connectivity index (χ0v) is 17.1. The fourth-order valence-electron chi connectivity index (χ4n) is 4.06. The first kappa shape index (κ1) is 20.1. The zero-order valence-electron chi connectivity index (χ0n) is 17.1. The first-order chi connectivity index (χ1) is 14.5. The summed E-state index contributed by atoms with van der Waals surface area (Å²) < 4.78 is 11.2. The molecule has 3 aromatic carbocycles. The Morgan fingerprint density at radius 3 is 2.37 bits per heavy atom. The lowest BCUT2D eigenvalue weighted by Crippen LogP contribution is -2.59. The molecule has 0 aliphatic heterocycles. The molecule has 1 aliphatic rings. The fraction of sp³-hybridized carbons (Fsp3) is 0.280. The van der Waals surface area contributed by atoms with E-state index in [2.05, 4.69) is 36.1 Å². The third-order valence-electron chi connectivity index (χ3n) is 5.81. The largest absolute Gasteiger partial charge is 0.489 e. The van der Waals surface area contributed by atoms with Gasteiger partial charge in [-0.1, -0.05) is 48.5 Å². The molecule has 5 heteroatoms. The molecule has 1 amide bonds. The summed E-state index contributed by atoms with van der Waals surface area (Å²) in [5, 5.41) is 2.40. The standard InChI is InChI=1S/C25H25NO4/c1-2-29-24(28)25(15-22(25)23(26)27)14-17-8-11-21(12-9-17)30-16-18-7-10-19-5-3-4-6-20(19)13-18/h3-13,22H,2,14-16H2,1H3,(H2,26,27)/p+1. The van der Waals surface area contributed by atoms with Crippen LogP contribution in [0.15, 0.2) is 66.7 Å². The molecule has 30 heavy (non-hydrogen) atoms. The molecule has 0 radical (unpaired) electrons. The van der Waals surface area contributed by atoms with Gasteiger partial charge in [-0.15, -0.1) is 0 Å². The average Bonchev–Trinajstić information content (AvgIpc) is 3.49. The minimum absolute atomic E-state index is 0.196. The first-order valence-electron chi connectivity index (χ1n) is 10.2. The predicted molar refractivity (Wildman–Crippen MR) is 113 cm³/mol. The van der Waals surface area contributed by atoms with E-state index in [1.165, 1.54) is 10.8 Å². The minimum atomic E-state index is -0.762. The molecule has 0 heterocycles. The van der Waals surface area contributed by atoms with E-state index in [4.69, 9.17) is 9.47 Å². The molecule has 0 aromatic heterocycles. The van der Waals surface area contributed by atoms with Crippen LogP contribution < -0.4 is 10.5 Å². The van der Waals surface area contributed by atoms with E-state index in [9.17, 15) is 9.59 Å². The van der Waals surface area contributed by atoms with Crippen LogP contribution in [0.3, 0.4) is 0 Å². The normalized spacial score (nSPS) is 20.0. The molecular weight excluding hydrogens is 378 g/mol. The summed E-state index contributed by atoms with van der Waals surface area (Å²) in [6, 6.07) is 22.2. The van der Waals surface area contributed by atoms with Crippen LogP contribution >= 0.6 is 0 Å². The van der Waals surface area contributed by atoms with Crippen molar-refractivity contribution in [1.82, 2.24) is 0 Å². The lowest BCUT2D eigenvalue weighted by Gasteiger charge is -2.15. The van der Waals surface area contributed by atoms with Gasteiger partial charge in [-0.05, 0) is 59.9 Å². The van der Waals surface area contributed by atoms with Crippen molar-refractivity contribution in [1.29, 1.82) is 0 Å². The zero-order chi connectivity index (χ0) is 21.1. The molecular formula is C25H26NO4+. The number of ether oxygens (including phenoxy) is 2. The van der Waals surface area contributed by atoms with Crippen LogP contribution in [0, 0.1) is 11.3 Å². The number of carbonyl (C=O) groups is 2. The van der Waals surface area contributed by atoms with Crippen molar-refractivity contribution in [2.45, 2.75) is 26.4 Å². The summed E-state index contributed by atoms with van der Waals surface area (Å²) in [7, 11) is 0. The Morgan fingerprint density at radius 2 is 1.70 bits per heavy atom. The lowest BCUT2D eigenvalue weighted by molar-refractivity contribution is -0.308. The topological polar surface area (TPSA) is 80.2 Å². The number of benzene rings is 3. The number of amides is 1. The molecule has 0 saturated heterocycles. The second-order valence-electron chi connectivity index (χ2n) is 7.89. The number of rotatable bonds is 8. The number of hydrogen-bond acceptors (Lipinski definition) is 4. The van der Waals surface area contributed by atoms with Crippen LogP contribution in [-0.2, 0) is 27.4 Å². The Hall–Kier alpha value is -3.18. The fourth-order valence-corrected chi connectivity index (χ4v) is 4.06. The molecule has 1 aliphatic carbocycles. The third kappa shape index (κ3) is 4.07. The van der Waals surface area contributed by atoms with Crippen LogP contribution in [0.1, 0.15) is 24.5 Å². The monoisotopic (exact) mass is 404 g/mol. The van der Waals surface area contributed by atoms with Crippen LogP contribution in [0.2, 0.25) is 0 Å². The van der Waals surface area contributed by atoms with Crippen molar-refractivity contribution in [2.75, 3.05) is 6.61 Å². The molecule has 1 fully saturated rings. The van der Waals surface area contributed by atoms with Gasteiger partial charge in [0.1, 0.15) is 12.4 Å². The van der Waals surface area contributed by atoms with Crippen molar-refractivity contribution in [3.05, 3.63) is 77.9 Å². The molecule has 4 rings (SSSR count). The predicted octanol–water partition coefficient (Wildman–Crippen LogP) is 3.30. The van der Waals surface area contributed by atoms with E-state index < -0.39 is 5.41 Å². The summed E-state index contributed by atoms with van der Waals surface area (Å²) in [4.78, 5) is 24.2. The summed E-state index contributed by atoms with van der Waals surface area (Å²) >= 11 is 0. The number of carbonyl (C=O) groups excluding carboxylic acids is 2. The molecule has 2 atom stereocenters. The molecule has 5 nitrogen and oxygen atoms in total. The molecule has 1 saturated carbocycles. The van der Waals surface area contributed by atoms with Gasteiger partial charge in [0, 0.05) is 0 Å². The van der Waals surface area contributed by atoms with Crippen molar-refractivity contribution in [3.8, 4) is 5.75 Å². The van der Waals surface area contributed by atoms with E-state index in [1.807, 2.05) is 36.4 Å². The highest BCUT2D eigenvalue weighted by molar-refractivity contribution is 5.90. The Labute approximate surface area is 175 Å². The Bertz CT molecular complexity index is 1080. The van der Waals surface area contributed by atoms with Crippen molar-refractivity contribution < 1.29 is 24.8 Å². The van der Waals surface area contributed by atoms with Crippen molar-refractivity contribution in [2.24, 2.45) is 11.3 Å². The molecule has 3 aromatic rings. The van der Waals surface area contributed by atoms with E-state index >= 15 is 0 Å². The number of hydrogen-bond donors (Lipinski definition) is 1. The first-order valence-corrected chi connectivity index (χ1v) is 10.2. The van der Waals surface area contributed by atoms with Gasteiger partial charge in [0.15, 0.2) is 0 Å². The highest BCUT2D eigenvalue weighted by Gasteiger charge is 2.65. The molecule has 154 valence electrons. The summed E-state index contributed by atoms with van der Waals surface area (Å²) in [6.45, 7) is 2.56. The molecule has 3 N–H and O–H groups in total. The molecule has 0 spiro atoms. The second kappa shape index (κ2) is 8.28. The number of quaternary nitrogens is 1. The van der Waals surface area contributed by atoms with Gasteiger partial charge in [-0.3, -0.25) is 10.5 Å². The van der Waals surface area contributed by atoms with Crippen molar-refractivity contribution in [3.63, 3.8) is 0 Å². The minimum Gasteiger partial charge on any atom is -0.489 e. The number of esters is 1. The van der Waals surface area contributed by atoms with Gasteiger partial charge in [0.2, 0.25) is 0 Å². The quantitative estimate of drug-likeness (QED) is 0.584. The maximum absolute atomic E-state index is 12.4. The SMILES string of the molecule is CCOC(=O)C1(Cc2ccc(OCc3ccc4ccccc4c3)cc2)CC1C([NH3+])=O. The van der Waals surface area contributed by atoms with E-state index in [-0.39, 0.29) is 17.8 Å². The van der Waals surface area contributed by atoms with Gasteiger partial charge in [-0.25, -0.2) is 4.79 Å². The molecule has 0 bridgehead atoms. The van der Waals surface area contributed by atoms with Gasteiger partial charge in [0.05, 0.1) is 17.9 Å². The van der Waals surface area contributed by atoms with Crippen molar-refractivity contribution >= 4 is 22.6 Å². The van der Waals surface area contributed by atoms with Gasteiger partial charge < -0.3 is 9.47 Å². The Kier molecular flexibility index (Phi) is 5.55. The van der Waals surface area contributed by atoms with E-state index in [0.29, 0.717) is 26.1 Å². The Morgan fingerprint density at radius 1 is 1.00 bits per heavy atom. The average molecular weight is 404 g/mol. The lowest BCUT2D eigenvalue weighted by atomic mass is 9.93. The van der Waals surface area contributed by atoms with Gasteiger partial charge in [-0.2, -0.15) is 0 Å². The van der Waals surface area contributed by atoms with Gasteiger partial charge in [0.25, 0.3) is 0 Å². The maximum atomic E-state index is 12.4. The second-order valence-corrected chi connectivity index (χ2v) is 7.89. The smallest absolute Gasteiger partial charge is 0.313 e. The van der Waals surface area contributed by atoms with Crippen LogP contribution in [0.5, 0.6) is 5.75 Å². The van der Waals surface area contributed by atoms with Crippen LogP contribution in [-0.4, -0.2) is 18.5 Å². The highest BCUT2D eigenvalue weighted by Crippen LogP contribution is 2.55. The van der Waals surface area contributed by atoms with Crippen LogP contribution in [0.25, 0.3) is 10.8 Å². The van der Waals surface area contributed by atoms with E-state index in [1.54, 1.807) is 6.92 Å². The Balaban J connectivity index is 1.41. The summed E-state index contributed by atoms with van der Waals surface area (Å²) in [5.41, 5.74) is 4.82. The molecule has 2 unspecified atom stereocenters. The van der Waals surface area contributed by atoms with E-state index in [0.717, 1.165) is 16.9 Å². The third-order valence-corrected chi connectivity index (χ3v) is 5.81. The van der Waals surface area contributed by atoms with Crippen LogP contribution in [0.4, 0.5) is 0 Å². The van der Waals surface area contributed by atoms with Gasteiger partial charge >= 0.3 is 11.9 Å². The summed E-state index contributed by atoms with van der Waals surface area (Å²) in [5.74, 6) is -0.0833.